The van der Waals surface area contributed by atoms with Gasteiger partial charge in [-0.25, -0.2) is 0 Å². The highest BCUT2D eigenvalue weighted by molar-refractivity contribution is 4.93. The average molecular weight is 131 g/mol. The van der Waals surface area contributed by atoms with Gasteiger partial charge >= 0.3 is 0 Å². The van der Waals surface area contributed by atoms with Gasteiger partial charge in [-0.15, -0.1) is 0 Å². The standard InChI is InChI=1S/C6H13NO2/c7-3-5-1-6(9,2-5)4-8/h5,8-9H,1-4,7H2. The number of aliphatic hydroxyl groups is 2. The zero-order valence-electron chi connectivity index (χ0n) is 5.38. The Kier molecular flexibility index (Phi) is 1.75. The van der Waals surface area contributed by atoms with Crippen LogP contribution in [0.25, 0.3) is 0 Å². The van der Waals surface area contributed by atoms with Crippen molar-refractivity contribution in [2.45, 2.75) is 18.4 Å². The summed E-state index contributed by atoms with van der Waals surface area (Å²) in [6.45, 7) is 0.506. The molecule has 0 aliphatic heterocycles. The van der Waals surface area contributed by atoms with E-state index < -0.39 is 5.60 Å². The van der Waals surface area contributed by atoms with Crippen LogP contribution in [0.15, 0.2) is 0 Å². The zero-order valence-corrected chi connectivity index (χ0v) is 5.38. The summed E-state index contributed by atoms with van der Waals surface area (Å²) >= 11 is 0. The first-order chi connectivity index (χ1) is 4.20. The third-order valence-corrected chi connectivity index (χ3v) is 1.96. The summed E-state index contributed by atoms with van der Waals surface area (Å²) in [5.41, 5.74) is 4.53. The third-order valence-electron chi connectivity index (χ3n) is 1.96. The largest absolute Gasteiger partial charge is 0.393 e. The lowest BCUT2D eigenvalue weighted by Gasteiger charge is -2.41. The molecule has 0 unspecified atom stereocenters. The van der Waals surface area contributed by atoms with Crippen molar-refractivity contribution >= 4 is 0 Å². The Labute approximate surface area is 54.5 Å². The molecule has 0 spiro atoms. The normalized spacial score (nSPS) is 42.3. The smallest absolute Gasteiger partial charge is 0.0883 e. The molecule has 3 heteroatoms. The van der Waals surface area contributed by atoms with Gasteiger partial charge in [0.15, 0.2) is 0 Å². The fraction of sp³-hybridized carbons (Fsp3) is 1.00. The SMILES string of the molecule is NCC1CC(O)(CO)C1. The number of rotatable bonds is 2. The van der Waals surface area contributed by atoms with Crippen LogP contribution in [-0.2, 0) is 0 Å². The molecule has 1 rings (SSSR count). The summed E-state index contributed by atoms with van der Waals surface area (Å²) in [4.78, 5) is 0. The van der Waals surface area contributed by atoms with Crippen molar-refractivity contribution in [3.63, 3.8) is 0 Å². The van der Waals surface area contributed by atoms with E-state index in [2.05, 4.69) is 0 Å². The number of hydrogen-bond donors (Lipinski definition) is 3. The molecular formula is C6H13NO2. The maximum Gasteiger partial charge on any atom is 0.0883 e. The summed E-state index contributed by atoms with van der Waals surface area (Å²) < 4.78 is 0. The third kappa shape index (κ3) is 1.23. The Morgan fingerprint density at radius 3 is 2.44 bits per heavy atom. The number of nitrogens with two attached hydrogens (primary N) is 1. The summed E-state index contributed by atoms with van der Waals surface area (Å²) in [5.74, 6) is 0.433. The van der Waals surface area contributed by atoms with Gasteiger partial charge in [0, 0.05) is 0 Å². The fourth-order valence-electron chi connectivity index (χ4n) is 1.31. The maximum atomic E-state index is 9.21. The summed E-state index contributed by atoms with van der Waals surface area (Å²) in [7, 11) is 0. The Bertz CT molecular complexity index is 99.2. The molecule has 1 aliphatic rings. The number of aliphatic hydroxyl groups excluding tert-OH is 1. The van der Waals surface area contributed by atoms with Gasteiger partial charge in [-0.05, 0) is 25.3 Å². The predicted molar refractivity (Wildman–Crippen MR) is 33.8 cm³/mol. The molecule has 54 valence electrons. The lowest BCUT2D eigenvalue weighted by atomic mass is 9.71. The first-order valence-corrected chi connectivity index (χ1v) is 3.23. The van der Waals surface area contributed by atoms with Crippen molar-refractivity contribution < 1.29 is 10.2 Å². The number of hydrogen-bond acceptors (Lipinski definition) is 3. The van der Waals surface area contributed by atoms with Crippen molar-refractivity contribution in [2.75, 3.05) is 13.2 Å². The van der Waals surface area contributed by atoms with Gasteiger partial charge in [-0.2, -0.15) is 0 Å². The van der Waals surface area contributed by atoms with Crippen LogP contribution in [0.4, 0.5) is 0 Å². The summed E-state index contributed by atoms with van der Waals surface area (Å²) in [6, 6.07) is 0. The van der Waals surface area contributed by atoms with Gasteiger partial charge in [0.25, 0.3) is 0 Å². The topological polar surface area (TPSA) is 66.5 Å². The maximum absolute atomic E-state index is 9.21. The highest BCUT2D eigenvalue weighted by Crippen LogP contribution is 2.36. The predicted octanol–water partition coefficient (Wildman–Crippen LogP) is -0.922. The van der Waals surface area contributed by atoms with Crippen LogP contribution in [0.3, 0.4) is 0 Å². The van der Waals surface area contributed by atoms with E-state index in [0.717, 1.165) is 0 Å². The first-order valence-electron chi connectivity index (χ1n) is 3.23. The minimum absolute atomic E-state index is 0.122. The van der Waals surface area contributed by atoms with Crippen LogP contribution < -0.4 is 5.73 Å². The molecule has 1 aliphatic carbocycles. The molecule has 0 aromatic heterocycles. The Hall–Kier alpha value is -0.120. The fourth-order valence-corrected chi connectivity index (χ4v) is 1.31. The molecular weight excluding hydrogens is 118 g/mol. The van der Waals surface area contributed by atoms with Gasteiger partial charge in [0.1, 0.15) is 0 Å². The second kappa shape index (κ2) is 2.25. The van der Waals surface area contributed by atoms with Crippen molar-refractivity contribution in [1.29, 1.82) is 0 Å². The van der Waals surface area contributed by atoms with E-state index in [9.17, 15) is 5.11 Å². The Balaban J connectivity index is 2.24. The molecule has 0 saturated heterocycles. The van der Waals surface area contributed by atoms with Crippen LogP contribution in [-0.4, -0.2) is 29.0 Å². The molecule has 0 heterocycles. The molecule has 3 nitrogen and oxygen atoms in total. The van der Waals surface area contributed by atoms with Crippen LogP contribution in [0.5, 0.6) is 0 Å². The minimum atomic E-state index is -0.788. The monoisotopic (exact) mass is 131 g/mol. The van der Waals surface area contributed by atoms with E-state index >= 15 is 0 Å². The second-order valence-corrected chi connectivity index (χ2v) is 2.89. The van der Waals surface area contributed by atoms with Crippen LogP contribution in [0.1, 0.15) is 12.8 Å². The van der Waals surface area contributed by atoms with E-state index in [0.29, 0.717) is 25.3 Å². The molecule has 1 fully saturated rings. The first kappa shape index (κ1) is 6.99. The lowest BCUT2D eigenvalue weighted by Crippen LogP contribution is -2.49. The van der Waals surface area contributed by atoms with Gasteiger partial charge < -0.3 is 15.9 Å². The molecule has 0 amide bonds. The average Bonchev–Trinajstić information content (AvgIpc) is 1.81. The second-order valence-electron chi connectivity index (χ2n) is 2.89. The molecule has 1 saturated carbocycles. The van der Waals surface area contributed by atoms with Gasteiger partial charge in [-0.1, -0.05) is 0 Å². The minimum Gasteiger partial charge on any atom is -0.393 e. The molecule has 9 heavy (non-hydrogen) atoms. The zero-order chi connectivity index (χ0) is 6.91. The Morgan fingerprint density at radius 2 is 2.11 bits per heavy atom. The van der Waals surface area contributed by atoms with Crippen molar-refractivity contribution in [2.24, 2.45) is 11.7 Å². The van der Waals surface area contributed by atoms with Crippen molar-refractivity contribution in [3.05, 3.63) is 0 Å². The van der Waals surface area contributed by atoms with E-state index in [4.69, 9.17) is 10.8 Å². The lowest BCUT2D eigenvalue weighted by molar-refractivity contribution is -0.104. The quantitative estimate of drug-likeness (QED) is 0.454. The summed E-state index contributed by atoms with van der Waals surface area (Å²) in [5, 5.41) is 17.8. The van der Waals surface area contributed by atoms with Crippen LogP contribution in [0.2, 0.25) is 0 Å². The van der Waals surface area contributed by atoms with Crippen LogP contribution >= 0.6 is 0 Å². The highest BCUT2D eigenvalue weighted by Gasteiger charge is 2.40. The highest BCUT2D eigenvalue weighted by atomic mass is 16.3. The molecule has 0 atom stereocenters. The van der Waals surface area contributed by atoms with E-state index in [1.165, 1.54) is 0 Å². The van der Waals surface area contributed by atoms with Crippen LogP contribution in [0, 0.1) is 5.92 Å². The van der Waals surface area contributed by atoms with Gasteiger partial charge in [0.05, 0.1) is 12.2 Å². The molecule has 0 radical (unpaired) electrons. The van der Waals surface area contributed by atoms with Crippen molar-refractivity contribution in [1.82, 2.24) is 0 Å². The van der Waals surface area contributed by atoms with E-state index in [1.807, 2.05) is 0 Å². The van der Waals surface area contributed by atoms with E-state index in [-0.39, 0.29) is 6.61 Å². The van der Waals surface area contributed by atoms with Gasteiger partial charge in [0.2, 0.25) is 0 Å². The Morgan fingerprint density at radius 1 is 1.56 bits per heavy atom. The molecule has 4 N–H and O–H groups in total. The van der Waals surface area contributed by atoms with Gasteiger partial charge in [-0.3, -0.25) is 0 Å². The molecule has 0 aromatic carbocycles. The summed E-state index contributed by atoms with van der Waals surface area (Å²) in [6.07, 6.45) is 1.33. The molecule has 0 aromatic rings. The van der Waals surface area contributed by atoms with E-state index in [1.54, 1.807) is 0 Å². The van der Waals surface area contributed by atoms with Crippen molar-refractivity contribution in [3.8, 4) is 0 Å². The molecule has 0 bridgehead atoms.